The molecule has 3 heterocycles. The Kier molecular flexibility index (Phi) is 3.82. The van der Waals surface area contributed by atoms with Gasteiger partial charge in [0.2, 0.25) is 0 Å². The van der Waals surface area contributed by atoms with Gasteiger partial charge in [-0.25, -0.2) is 4.98 Å². The van der Waals surface area contributed by atoms with Gasteiger partial charge in [0.15, 0.2) is 0 Å². The second-order valence-electron chi connectivity index (χ2n) is 5.72. The Bertz CT molecular complexity index is 570. The zero-order valence-electron chi connectivity index (χ0n) is 12.2. The second-order valence-corrected chi connectivity index (χ2v) is 5.72. The molecule has 0 unspecified atom stereocenters. The van der Waals surface area contributed by atoms with Crippen LogP contribution >= 0.6 is 0 Å². The Morgan fingerprint density at radius 2 is 2.15 bits per heavy atom. The van der Waals surface area contributed by atoms with Crippen molar-refractivity contribution in [2.24, 2.45) is 5.92 Å². The highest BCUT2D eigenvalue weighted by Gasteiger charge is 2.16. The average molecular weight is 274 g/mol. The summed E-state index contributed by atoms with van der Waals surface area (Å²) in [7, 11) is 2.20. The van der Waals surface area contributed by atoms with Gasteiger partial charge in [0.25, 0.3) is 5.78 Å². The molecule has 6 nitrogen and oxygen atoms in total. The zero-order chi connectivity index (χ0) is 13.9. The number of hydrogen-bond acceptors (Lipinski definition) is 5. The fraction of sp³-hybridized carbons (Fsp3) is 0.643. The Morgan fingerprint density at radius 3 is 2.95 bits per heavy atom. The molecule has 1 saturated heterocycles. The number of hydrogen-bond donors (Lipinski definition) is 1. The van der Waals surface area contributed by atoms with Crippen molar-refractivity contribution in [2.45, 2.75) is 26.2 Å². The number of piperidine rings is 1. The van der Waals surface area contributed by atoms with E-state index < -0.39 is 0 Å². The number of anilines is 1. The third kappa shape index (κ3) is 2.90. The van der Waals surface area contributed by atoms with Gasteiger partial charge in [-0.05, 0) is 52.2 Å². The van der Waals surface area contributed by atoms with Crippen LogP contribution in [0.15, 0.2) is 12.4 Å². The lowest BCUT2D eigenvalue weighted by Gasteiger charge is -2.28. The standard InChI is InChI=1S/C14H22N6/c1-11-9-13(20-14(18-11)16-10-17-20)15-6-3-12-4-7-19(2)8-5-12/h9-10,12,15H,3-8H2,1-2H3. The minimum atomic E-state index is 0.659. The minimum Gasteiger partial charge on any atom is -0.370 e. The van der Waals surface area contributed by atoms with Crippen molar-refractivity contribution in [1.29, 1.82) is 0 Å². The zero-order valence-corrected chi connectivity index (χ0v) is 12.2. The highest BCUT2D eigenvalue weighted by atomic mass is 15.3. The predicted octanol–water partition coefficient (Wildman–Crippen LogP) is 1.58. The van der Waals surface area contributed by atoms with Crippen LogP contribution in [0, 0.1) is 12.8 Å². The van der Waals surface area contributed by atoms with E-state index in [0.29, 0.717) is 5.78 Å². The second kappa shape index (κ2) is 5.75. The third-order valence-electron chi connectivity index (χ3n) is 4.08. The van der Waals surface area contributed by atoms with Crippen LogP contribution in [0.5, 0.6) is 0 Å². The normalized spacial score (nSPS) is 17.7. The summed E-state index contributed by atoms with van der Waals surface area (Å²) >= 11 is 0. The molecule has 6 heteroatoms. The fourth-order valence-corrected chi connectivity index (χ4v) is 2.81. The molecule has 108 valence electrons. The summed E-state index contributed by atoms with van der Waals surface area (Å²) in [6, 6.07) is 2.02. The minimum absolute atomic E-state index is 0.659. The molecular formula is C14H22N6. The lowest BCUT2D eigenvalue weighted by atomic mass is 9.94. The van der Waals surface area contributed by atoms with E-state index in [-0.39, 0.29) is 0 Å². The number of aromatic nitrogens is 4. The molecule has 0 aromatic carbocycles. The smallest absolute Gasteiger partial charge is 0.254 e. The average Bonchev–Trinajstić information content (AvgIpc) is 2.89. The molecule has 2 aromatic heterocycles. The quantitative estimate of drug-likeness (QED) is 0.917. The van der Waals surface area contributed by atoms with Crippen LogP contribution in [0.1, 0.15) is 25.0 Å². The van der Waals surface area contributed by atoms with Crippen molar-refractivity contribution in [3.8, 4) is 0 Å². The number of nitrogens with one attached hydrogen (secondary N) is 1. The molecule has 1 aliphatic heterocycles. The first-order valence-electron chi connectivity index (χ1n) is 7.32. The maximum Gasteiger partial charge on any atom is 0.254 e. The van der Waals surface area contributed by atoms with E-state index in [1.165, 1.54) is 32.4 Å². The molecule has 0 atom stereocenters. The highest BCUT2D eigenvalue weighted by Crippen LogP contribution is 2.19. The molecule has 3 rings (SSSR count). The Labute approximate surface area is 119 Å². The third-order valence-corrected chi connectivity index (χ3v) is 4.08. The lowest BCUT2D eigenvalue weighted by molar-refractivity contribution is 0.215. The molecule has 1 N–H and O–H groups in total. The molecule has 2 aromatic rings. The molecule has 0 aliphatic carbocycles. The van der Waals surface area contributed by atoms with E-state index in [0.717, 1.165) is 24.0 Å². The van der Waals surface area contributed by atoms with E-state index in [1.54, 1.807) is 10.8 Å². The molecular weight excluding hydrogens is 252 g/mol. The van der Waals surface area contributed by atoms with E-state index >= 15 is 0 Å². The largest absolute Gasteiger partial charge is 0.370 e. The van der Waals surface area contributed by atoms with Crippen LogP contribution in [0.2, 0.25) is 0 Å². The molecule has 0 radical (unpaired) electrons. The van der Waals surface area contributed by atoms with Gasteiger partial charge in [0.05, 0.1) is 0 Å². The van der Waals surface area contributed by atoms with E-state index in [2.05, 4.69) is 32.3 Å². The first kappa shape index (κ1) is 13.3. The summed E-state index contributed by atoms with van der Waals surface area (Å²) in [5, 5.41) is 7.69. The van der Waals surface area contributed by atoms with Gasteiger partial charge >= 0.3 is 0 Å². The van der Waals surface area contributed by atoms with E-state index in [1.807, 2.05) is 13.0 Å². The monoisotopic (exact) mass is 274 g/mol. The molecule has 0 spiro atoms. The van der Waals surface area contributed by atoms with Crippen LogP contribution in [0.3, 0.4) is 0 Å². The van der Waals surface area contributed by atoms with Crippen LogP contribution in [-0.4, -0.2) is 51.2 Å². The van der Waals surface area contributed by atoms with Crippen LogP contribution in [0.4, 0.5) is 5.82 Å². The molecule has 0 saturated carbocycles. The lowest BCUT2D eigenvalue weighted by Crippen LogP contribution is -2.30. The van der Waals surface area contributed by atoms with Crippen LogP contribution < -0.4 is 5.32 Å². The van der Waals surface area contributed by atoms with Gasteiger partial charge in [-0.1, -0.05) is 0 Å². The molecule has 0 bridgehead atoms. The summed E-state index contributed by atoms with van der Waals surface area (Å²) in [6.45, 7) is 5.42. The summed E-state index contributed by atoms with van der Waals surface area (Å²) in [5.74, 6) is 2.48. The maximum absolute atomic E-state index is 4.35. The van der Waals surface area contributed by atoms with Crippen LogP contribution in [-0.2, 0) is 0 Å². The van der Waals surface area contributed by atoms with Gasteiger partial charge < -0.3 is 10.2 Å². The first-order valence-corrected chi connectivity index (χ1v) is 7.32. The number of likely N-dealkylation sites (tertiary alicyclic amines) is 1. The summed E-state index contributed by atoms with van der Waals surface area (Å²) in [5.41, 5.74) is 0.965. The molecule has 0 amide bonds. The summed E-state index contributed by atoms with van der Waals surface area (Å²) in [6.07, 6.45) is 5.38. The van der Waals surface area contributed by atoms with Crippen LogP contribution in [0.25, 0.3) is 5.78 Å². The van der Waals surface area contributed by atoms with Crippen molar-refractivity contribution >= 4 is 11.6 Å². The maximum atomic E-state index is 4.35. The predicted molar refractivity (Wildman–Crippen MR) is 78.8 cm³/mol. The Hall–Kier alpha value is -1.69. The van der Waals surface area contributed by atoms with Gasteiger partial charge in [-0.15, -0.1) is 0 Å². The van der Waals surface area contributed by atoms with Crippen molar-refractivity contribution < 1.29 is 0 Å². The SMILES string of the molecule is Cc1cc(NCCC2CCN(C)CC2)n2ncnc2n1. The van der Waals surface area contributed by atoms with Crippen molar-refractivity contribution in [1.82, 2.24) is 24.5 Å². The highest BCUT2D eigenvalue weighted by molar-refractivity contribution is 5.44. The molecule has 1 fully saturated rings. The fourth-order valence-electron chi connectivity index (χ4n) is 2.81. The number of rotatable bonds is 4. The number of fused-ring (bicyclic) bond motifs is 1. The number of aryl methyl sites for hydroxylation is 1. The first-order chi connectivity index (χ1) is 9.72. The van der Waals surface area contributed by atoms with Gasteiger partial charge in [-0.3, -0.25) is 0 Å². The van der Waals surface area contributed by atoms with Gasteiger partial charge in [-0.2, -0.15) is 14.6 Å². The summed E-state index contributed by atoms with van der Waals surface area (Å²) in [4.78, 5) is 10.9. The molecule has 20 heavy (non-hydrogen) atoms. The van der Waals surface area contributed by atoms with Gasteiger partial charge in [0.1, 0.15) is 12.1 Å². The topological polar surface area (TPSA) is 58.4 Å². The van der Waals surface area contributed by atoms with Gasteiger partial charge in [0, 0.05) is 18.3 Å². The Balaban J connectivity index is 1.58. The molecule has 1 aliphatic rings. The van der Waals surface area contributed by atoms with Crippen molar-refractivity contribution in [3.05, 3.63) is 18.1 Å². The van der Waals surface area contributed by atoms with Crippen molar-refractivity contribution in [3.63, 3.8) is 0 Å². The van der Waals surface area contributed by atoms with E-state index in [9.17, 15) is 0 Å². The van der Waals surface area contributed by atoms with Crippen molar-refractivity contribution in [2.75, 3.05) is 32.0 Å². The summed E-state index contributed by atoms with van der Waals surface area (Å²) < 4.78 is 1.77. The van der Waals surface area contributed by atoms with E-state index in [4.69, 9.17) is 0 Å². The Morgan fingerprint density at radius 1 is 1.35 bits per heavy atom. The number of nitrogens with zero attached hydrogens (tertiary/aromatic N) is 5.